The van der Waals surface area contributed by atoms with E-state index in [0.29, 0.717) is 24.0 Å². The third-order valence-electron chi connectivity index (χ3n) is 1.70. The number of ether oxygens (including phenoxy) is 1. The molecule has 0 unspecified atom stereocenters. The molecular weight excluding hydrogens is 214 g/mol. The van der Waals surface area contributed by atoms with E-state index in [-0.39, 0.29) is 6.61 Å². The molecule has 0 radical (unpaired) electrons. The minimum absolute atomic E-state index is 0.0578. The van der Waals surface area contributed by atoms with Crippen LogP contribution in [-0.4, -0.2) is 33.3 Å². The monoisotopic (exact) mass is 229 g/mol. The van der Waals surface area contributed by atoms with Gasteiger partial charge >= 0.3 is 0 Å². The van der Waals surface area contributed by atoms with Gasteiger partial charge in [-0.1, -0.05) is 6.07 Å². The van der Waals surface area contributed by atoms with E-state index >= 15 is 0 Å². The Morgan fingerprint density at radius 2 is 2.33 bits per heavy atom. The van der Waals surface area contributed by atoms with Gasteiger partial charge in [-0.05, 0) is 13.0 Å². The van der Waals surface area contributed by atoms with Crippen molar-refractivity contribution in [3.8, 4) is 5.88 Å². The molecule has 0 amide bonds. The fourth-order valence-corrected chi connectivity index (χ4v) is 1.94. The van der Waals surface area contributed by atoms with E-state index in [1.165, 1.54) is 0 Å². The van der Waals surface area contributed by atoms with Gasteiger partial charge in [-0.3, -0.25) is 4.21 Å². The molecule has 1 aromatic heterocycles. The third kappa shape index (κ3) is 4.40. The van der Waals surface area contributed by atoms with E-state index in [4.69, 9.17) is 9.84 Å². The maximum atomic E-state index is 11.4. The maximum absolute atomic E-state index is 11.4. The molecule has 0 bridgehead atoms. The zero-order valence-corrected chi connectivity index (χ0v) is 9.50. The molecule has 0 aromatic carbocycles. The number of hydrogen-bond acceptors (Lipinski definition) is 4. The van der Waals surface area contributed by atoms with Crippen molar-refractivity contribution in [2.45, 2.75) is 12.7 Å². The van der Waals surface area contributed by atoms with E-state index in [1.54, 1.807) is 12.1 Å². The van der Waals surface area contributed by atoms with E-state index < -0.39 is 10.8 Å². The standard InChI is InChI=1S/C10H15NO3S/c1-2-14-10-5-3-4-9(11-10)8-15(13)7-6-12/h3-5,12H,2,6-8H2,1H3/t15-/m0/s1. The lowest BCUT2D eigenvalue weighted by Crippen LogP contribution is -2.06. The van der Waals surface area contributed by atoms with Gasteiger partial charge < -0.3 is 9.84 Å². The summed E-state index contributed by atoms with van der Waals surface area (Å²) in [6.07, 6.45) is 0. The summed E-state index contributed by atoms with van der Waals surface area (Å²) in [4.78, 5) is 4.19. The van der Waals surface area contributed by atoms with Crippen LogP contribution in [0.5, 0.6) is 5.88 Å². The first-order valence-corrected chi connectivity index (χ1v) is 6.29. The van der Waals surface area contributed by atoms with Crippen LogP contribution in [0.3, 0.4) is 0 Å². The average molecular weight is 229 g/mol. The molecule has 1 N–H and O–H groups in total. The second kappa shape index (κ2) is 6.53. The van der Waals surface area contributed by atoms with Crippen molar-refractivity contribution >= 4 is 10.8 Å². The second-order valence-electron chi connectivity index (χ2n) is 2.91. The first-order chi connectivity index (χ1) is 7.26. The number of aliphatic hydroxyl groups excluding tert-OH is 1. The quantitative estimate of drug-likeness (QED) is 0.781. The number of pyridine rings is 1. The Morgan fingerprint density at radius 1 is 1.53 bits per heavy atom. The SMILES string of the molecule is CCOc1cccc(C[S@@](=O)CCO)n1. The number of rotatable bonds is 6. The van der Waals surface area contributed by atoms with Crippen LogP contribution in [0.4, 0.5) is 0 Å². The molecule has 0 aliphatic carbocycles. The normalized spacial score (nSPS) is 12.4. The van der Waals surface area contributed by atoms with Gasteiger partial charge in [-0.15, -0.1) is 0 Å². The van der Waals surface area contributed by atoms with E-state index in [2.05, 4.69) is 4.98 Å². The largest absolute Gasteiger partial charge is 0.478 e. The van der Waals surface area contributed by atoms with Crippen LogP contribution < -0.4 is 4.74 Å². The lowest BCUT2D eigenvalue weighted by molar-refractivity contribution is 0.321. The van der Waals surface area contributed by atoms with Gasteiger partial charge in [0.05, 0.1) is 24.7 Å². The maximum Gasteiger partial charge on any atom is 0.213 e. The predicted molar refractivity (Wildman–Crippen MR) is 59.2 cm³/mol. The summed E-state index contributed by atoms with van der Waals surface area (Å²) in [6.45, 7) is 2.40. The van der Waals surface area contributed by atoms with Gasteiger partial charge in [0.25, 0.3) is 0 Å². The van der Waals surface area contributed by atoms with Crippen molar-refractivity contribution < 1.29 is 14.1 Å². The molecule has 1 rings (SSSR count). The molecule has 0 saturated carbocycles. The molecule has 0 spiro atoms. The minimum atomic E-state index is -1.05. The highest BCUT2D eigenvalue weighted by Crippen LogP contribution is 2.09. The number of hydrogen-bond donors (Lipinski definition) is 1. The van der Waals surface area contributed by atoms with Crippen LogP contribution in [0.1, 0.15) is 12.6 Å². The summed E-state index contributed by atoms with van der Waals surface area (Å²) in [5.41, 5.74) is 0.729. The van der Waals surface area contributed by atoms with Gasteiger partial charge in [-0.25, -0.2) is 4.98 Å². The molecule has 1 aromatic rings. The summed E-state index contributed by atoms with van der Waals surface area (Å²) in [5, 5.41) is 8.62. The Bertz CT molecular complexity index is 330. The summed E-state index contributed by atoms with van der Waals surface area (Å²) in [7, 11) is -1.05. The number of aliphatic hydroxyl groups is 1. The van der Waals surface area contributed by atoms with Crippen molar-refractivity contribution in [1.82, 2.24) is 4.98 Å². The van der Waals surface area contributed by atoms with Gasteiger partial charge in [-0.2, -0.15) is 0 Å². The van der Waals surface area contributed by atoms with Crippen LogP contribution >= 0.6 is 0 Å². The van der Waals surface area contributed by atoms with Crippen molar-refractivity contribution in [2.75, 3.05) is 19.0 Å². The molecular formula is C10H15NO3S. The zero-order chi connectivity index (χ0) is 11.1. The van der Waals surface area contributed by atoms with E-state index in [9.17, 15) is 4.21 Å². The van der Waals surface area contributed by atoms with Crippen LogP contribution in [0, 0.1) is 0 Å². The van der Waals surface area contributed by atoms with Crippen LogP contribution in [-0.2, 0) is 16.6 Å². The lowest BCUT2D eigenvalue weighted by atomic mass is 10.4. The van der Waals surface area contributed by atoms with Gasteiger partial charge in [0, 0.05) is 22.6 Å². The Kier molecular flexibility index (Phi) is 5.28. The molecule has 4 nitrogen and oxygen atoms in total. The van der Waals surface area contributed by atoms with Crippen molar-refractivity contribution in [3.63, 3.8) is 0 Å². The molecule has 0 saturated heterocycles. The molecule has 15 heavy (non-hydrogen) atoms. The third-order valence-corrected chi connectivity index (χ3v) is 2.96. The highest BCUT2D eigenvalue weighted by atomic mass is 32.2. The van der Waals surface area contributed by atoms with Crippen LogP contribution in [0.25, 0.3) is 0 Å². The summed E-state index contributed by atoms with van der Waals surface area (Å²) in [6, 6.07) is 5.39. The Morgan fingerprint density at radius 3 is 3.00 bits per heavy atom. The highest BCUT2D eigenvalue weighted by Gasteiger charge is 2.03. The fraction of sp³-hybridized carbons (Fsp3) is 0.500. The molecule has 1 atom stereocenters. The van der Waals surface area contributed by atoms with Crippen molar-refractivity contribution in [3.05, 3.63) is 23.9 Å². The lowest BCUT2D eigenvalue weighted by Gasteiger charge is -2.04. The van der Waals surface area contributed by atoms with Crippen LogP contribution in [0.15, 0.2) is 18.2 Å². The smallest absolute Gasteiger partial charge is 0.213 e. The average Bonchev–Trinajstić information content (AvgIpc) is 2.19. The molecule has 5 heteroatoms. The first-order valence-electron chi connectivity index (χ1n) is 4.80. The number of aromatic nitrogens is 1. The molecule has 84 valence electrons. The first kappa shape index (κ1) is 12.1. The Labute approximate surface area is 91.8 Å². The summed E-state index contributed by atoms with van der Waals surface area (Å²) >= 11 is 0. The van der Waals surface area contributed by atoms with Gasteiger partial charge in [0.1, 0.15) is 0 Å². The van der Waals surface area contributed by atoms with Crippen LogP contribution in [0.2, 0.25) is 0 Å². The Balaban J connectivity index is 2.60. The Hall–Kier alpha value is -0.940. The van der Waals surface area contributed by atoms with E-state index in [0.717, 1.165) is 5.69 Å². The fourth-order valence-electron chi connectivity index (χ4n) is 1.11. The van der Waals surface area contributed by atoms with Crippen molar-refractivity contribution in [2.24, 2.45) is 0 Å². The van der Waals surface area contributed by atoms with E-state index in [1.807, 2.05) is 13.0 Å². The summed E-state index contributed by atoms with van der Waals surface area (Å²) in [5.74, 6) is 1.21. The minimum Gasteiger partial charge on any atom is -0.478 e. The second-order valence-corrected chi connectivity index (χ2v) is 4.49. The highest BCUT2D eigenvalue weighted by molar-refractivity contribution is 7.84. The van der Waals surface area contributed by atoms with Gasteiger partial charge in [0.2, 0.25) is 5.88 Å². The molecule has 0 aliphatic heterocycles. The zero-order valence-electron chi connectivity index (χ0n) is 8.68. The molecule has 0 aliphatic rings. The predicted octanol–water partition coefficient (Wildman–Crippen LogP) is 0.721. The number of nitrogens with zero attached hydrogens (tertiary/aromatic N) is 1. The van der Waals surface area contributed by atoms with Crippen molar-refractivity contribution in [1.29, 1.82) is 0 Å². The molecule has 1 heterocycles. The summed E-state index contributed by atoms with van der Waals surface area (Å²) < 4.78 is 16.6. The van der Waals surface area contributed by atoms with Gasteiger partial charge in [0.15, 0.2) is 0 Å². The molecule has 0 fully saturated rings. The topological polar surface area (TPSA) is 59.4 Å².